The average molecular weight is 295 g/mol. The van der Waals surface area contributed by atoms with Gasteiger partial charge >= 0.3 is 0 Å². The van der Waals surface area contributed by atoms with E-state index in [0.717, 1.165) is 30.1 Å². The third-order valence-corrected chi connectivity index (χ3v) is 3.55. The molecule has 4 nitrogen and oxygen atoms in total. The van der Waals surface area contributed by atoms with Gasteiger partial charge in [0.2, 0.25) is 0 Å². The Hall–Kier alpha value is -1.39. The Bertz CT molecular complexity index is 415. The second kappa shape index (κ2) is 9.53. The minimum atomic E-state index is -1.14. The molecule has 0 aromatic heterocycles. The molecule has 0 N–H and O–H groups in total. The van der Waals surface area contributed by atoms with Crippen molar-refractivity contribution in [3.63, 3.8) is 0 Å². The van der Waals surface area contributed by atoms with Crippen LogP contribution in [0.4, 0.5) is 0 Å². The molecule has 0 aliphatic carbocycles. The lowest BCUT2D eigenvalue weighted by atomic mass is 9.99. The smallest absolute Gasteiger partial charge is 0.189 e. The van der Waals surface area contributed by atoms with Crippen molar-refractivity contribution in [3.05, 3.63) is 35.5 Å². The summed E-state index contributed by atoms with van der Waals surface area (Å²) in [5, 5.41) is 10.4. The summed E-state index contributed by atoms with van der Waals surface area (Å²) in [4.78, 5) is 10.4. The van der Waals surface area contributed by atoms with E-state index in [0.29, 0.717) is 12.8 Å². The van der Waals surface area contributed by atoms with Gasteiger partial charge in [0.1, 0.15) is 0 Å². The van der Waals surface area contributed by atoms with Crippen LogP contribution in [-0.2, 0) is 14.3 Å². The van der Waals surface area contributed by atoms with E-state index in [1.54, 1.807) is 21.1 Å². The highest BCUT2D eigenvalue weighted by Gasteiger charge is 2.30. The molecule has 4 heteroatoms. The summed E-state index contributed by atoms with van der Waals surface area (Å²) in [6.07, 6.45) is 6.31. The molecule has 0 aromatic rings. The molecule has 0 radical (unpaired) electrons. The fraction of sp³-hybridized carbons (Fsp3) is 0.588. The number of carboxylic acid groups (broad SMARTS) is 1. The molecule has 0 bridgehead atoms. The van der Waals surface area contributed by atoms with Gasteiger partial charge in [0.05, 0.1) is 5.97 Å². The molecule has 0 aliphatic rings. The molecule has 0 unspecified atom stereocenters. The Morgan fingerprint density at radius 2 is 1.71 bits per heavy atom. The minimum Gasteiger partial charge on any atom is -0.545 e. The van der Waals surface area contributed by atoms with Crippen molar-refractivity contribution in [2.75, 3.05) is 14.2 Å². The molecule has 0 aliphatic heterocycles. The van der Waals surface area contributed by atoms with Gasteiger partial charge in [0, 0.05) is 20.6 Å². The number of hydrogen-bond donors (Lipinski definition) is 0. The second-order valence-corrected chi connectivity index (χ2v) is 5.34. The molecule has 0 heterocycles. The molecule has 0 fully saturated rings. The number of carboxylic acids is 1. The van der Waals surface area contributed by atoms with Crippen molar-refractivity contribution in [1.29, 1.82) is 0 Å². The lowest BCUT2D eigenvalue weighted by Gasteiger charge is -2.31. The molecule has 0 aromatic carbocycles. The molecule has 0 rings (SSSR count). The summed E-state index contributed by atoms with van der Waals surface area (Å²) in [6, 6.07) is 0. The van der Waals surface area contributed by atoms with Crippen molar-refractivity contribution in [2.24, 2.45) is 0 Å². The van der Waals surface area contributed by atoms with E-state index >= 15 is 0 Å². The lowest BCUT2D eigenvalue weighted by Crippen LogP contribution is -2.34. The SMILES string of the molecule is C=C(C)C(CC/C(C)=C/CC/C(C)=C/C(=O)[O-])(OC)OC. The Balaban J connectivity index is 4.42. The van der Waals surface area contributed by atoms with E-state index in [9.17, 15) is 9.90 Å². The van der Waals surface area contributed by atoms with Crippen LogP contribution in [0.5, 0.6) is 0 Å². The van der Waals surface area contributed by atoms with Gasteiger partial charge < -0.3 is 19.4 Å². The van der Waals surface area contributed by atoms with Crippen molar-refractivity contribution in [2.45, 2.75) is 52.2 Å². The maximum absolute atomic E-state index is 10.4. The first-order valence-electron chi connectivity index (χ1n) is 7.07. The molecule has 0 atom stereocenters. The Kier molecular flexibility index (Phi) is 8.90. The van der Waals surface area contributed by atoms with Crippen molar-refractivity contribution >= 4 is 5.97 Å². The van der Waals surface area contributed by atoms with Gasteiger partial charge in [-0.3, -0.25) is 0 Å². The highest BCUT2D eigenvalue weighted by Crippen LogP contribution is 2.28. The van der Waals surface area contributed by atoms with Gasteiger partial charge in [0.15, 0.2) is 5.79 Å². The van der Waals surface area contributed by atoms with Crippen molar-refractivity contribution in [3.8, 4) is 0 Å². The summed E-state index contributed by atoms with van der Waals surface area (Å²) >= 11 is 0. The first-order valence-corrected chi connectivity index (χ1v) is 7.07. The minimum absolute atomic E-state index is 0.700. The Labute approximate surface area is 128 Å². The number of methoxy groups -OCH3 is 2. The van der Waals surface area contributed by atoms with Gasteiger partial charge in [-0.1, -0.05) is 23.8 Å². The predicted molar refractivity (Wildman–Crippen MR) is 82.6 cm³/mol. The standard InChI is InChI=1S/C17H28O4/c1-13(2)17(20-5,21-6)11-10-14(3)8-7-9-15(4)12-16(18)19/h8,12H,1,7,9-11H2,2-6H3,(H,18,19)/p-1/b14-8+,15-12+. The van der Waals surface area contributed by atoms with Gasteiger partial charge in [-0.05, 0) is 51.7 Å². The quantitative estimate of drug-likeness (QED) is 0.353. The summed E-state index contributed by atoms with van der Waals surface area (Å²) in [5.74, 6) is -1.88. The molecular weight excluding hydrogens is 268 g/mol. The first kappa shape index (κ1) is 19.6. The summed E-state index contributed by atoms with van der Waals surface area (Å²) in [6.45, 7) is 9.65. The van der Waals surface area contributed by atoms with Gasteiger partial charge in [-0.25, -0.2) is 0 Å². The monoisotopic (exact) mass is 295 g/mol. The van der Waals surface area contributed by atoms with E-state index in [-0.39, 0.29) is 0 Å². The highest BCUT2D eigenvalue weighted by atomic mass is 16.7. The number of hydrogen-bond acceptors (Lipinski definition) is 4. The summed E-state index contributed by atoms with van der Waals surface area (Å²) < 4.78 is 10.9. The maximum atomic E-state index is 10.4. The maximum Gasteiger partial charge on any atom is 0.189 e. The number of rotatable bonds is 10. The van der Waals surface area contributed by atoms with Crippen molar-refractivity contribution < 1.29 is 19.4 Å². The van der Waals surface area contributed by atoms with Crippen LogP contribution in [0, 0.1) is 0 Å². The molecule has 0 saturated carbocycles. The zero-order chi connectivity index (χ0) is 16.5. The van der Waals surface area contributed by atoms with E-state index in [2.05, 4.69) is 12.7 Å². The van der Waals surface area contributed by atoms with Gasteiger partial charge in [-0.15, -0.1) is 0 Å². The fourth-order valence-electron chi connectivity index (χ4n) is 2.13. The largest absolute Gasteiger partial charge is 0.545 e. The Morgan fingerprint density at radius 1 is 1.14 bits per heavy atom. The second-order valence-electron chi connectivity index (χ2n) is 5.34. The molecular formula is C17H27O4-. The Morgan fingerprint density at radius 3 is 2.14 bits per heavy atom. The van der Waals surface area contributed by atoms with Gasteiger partial charge in [0.25, 0.3) is 0 Å². The van der Waals surface area contributed by atoms with Crippen LogP contribution in [-0.4, -0.2) is 26.0 Å². The number of carbonyl (C=O) groups excluding carboxylic acids is 1. The van der Waals surface area contributed by atoms with Crippen LogP contribution in [0.15, 0.2) is 35.5 Å². The van der Waals surface area contributed by atoms with Crippen LogP contribution in [0.2, 0.25) is 0 Å². The van der Waals surface area contributed by atoms with Crippen LogP contribution in [0.25, 0.3) is 0 Å². The topological polar surface area (TPSA) is 58.6 Å². The number of allylic oxidation sites excluding steroid dienone is 3. The normalized spacial score (nSPS) is 13.4. The molecule has 0 spiro atoms. The van der Waals surface area contributed by atoms with Crippen LogP contribution in [0.1, 0.15) is 46.5 Å². The van der Waals surface area contributed by atoms with Gasteiger partial charge in [-0.2, -0.15) is 0 Å². The predicted octanol–water partition coefficient (Wildman–Crippen LogP) is 2.75. The third-order valence-electron chi connectivity index (χ3n) is 3.55. The zero-order valence-corrected chi connectivity index (χ0v) is 13.8. The third kappa shape index (κ3) is 7.25. The molecule has 0 saturated heterocycles. The lowest BCUT2D eigenvalue weighted by molar-refractivity contribution is -0.297. The number of aliphatic carboxylic acids is 1. The van der Waals surface area contributed by atoms with E-state index in [4.69, 9.17) is 9.47 Å². The molecule has 21 heavy (non-hydrogen) atoms. The van der Waals surface area contributed by atoms with E-state index in [1.165, 1.54) is 5.57 Å². The number of carbonyl (C=O) groups is 1. The average Bonchev–Trinajstić information content (AvgIpc) is 2.39. The van der Waals surface area contributed by atoms with Crippen molar-refractivity contribution in [1.82, 2.24) is 0 Å². The summed E-state index contributed by atoms with van der Waals surface area (Å²) in [7, 11) is 3.23. The number of ether oxygens (including phenoxy) is 2. The van der Waals surface area contributed by atoms with Crippen LogP contribution < -0.4 is 5.11 Å². The van der Waals surface area contributed by atoms with E-state index in [1.807, 2.05) is 13.8 Å². The zero-order valence-electron chi connectivity index (χ0n) is 13.8. The van der Waals surface area contributed by atoms with E-state index < -0.39 is 11.8 Å². The highest BCUT2D eigenvalue weighted by molar-refractivity contribution is 5.78. The fourth-order valence-corrected chi connectivity index (χ4v) is 2.13. The first-order chi connectivity index (χ1) is 9.77. The summed E-state index contributed by atoms with van der Waals surface area (Å²) in [5.41, 5.74) is 2.87. The van der Waals surface area contributed by atoms with Crippen LogP contribution >= 0.6 is 0 Å². The van der Waals surface area contributed by atoms with Crippen LogP contribution in [0.3, 0.4) is 0 Å². The molecule has 120 valence electrons. The molecule has 0 amide bonds.